The summed E-state index contributed by atoms with van der Waals surface area (Å²) >= 11 is 0. The predicted octanol–water partition coefficient (Wildman–Crippen LogP) is 0.710. The summed E-state index contributed by atoms with van der Waals surface area (Å²) in [6, 6.07) is 0. The van der Waals surface area contributed by atoms with E-state index in [2.05, 4.69) is 0 Å². The quantitative estimate of drug-likeness (QED) is 0.589. The number of fused-ring (bicyclic) bond motifs is 2. The summed E-state index contributed by atoms with van der Waals surface area (Å²) in [4.78, 5) is 11.4. The zero-order valence-corrected chi connectivity index (χ0v) is 7.25. The van der Waals surface area contributed by atoms with Crippen LogP contribution in [0.25, 0.3) is 0 Å². The van der Waals surface area contributed by atoms with Crippen molar-refractivity contribution in [1.29, 1.82) is 0 Å². The standard InChI is InChI=1S/C9H14O3/c1-12-8(11)9-3-2-6(4-9)7(10)5-9/h6-7,10H,2-5H2,1H3. The van der Waals surface area contributed by atoms with Gasteiger partial charge in [-0.2, -0.15) is 0 Å². The first kappa shape index (κ1) is 8.05. The van der Waals surface area contributed by atoms with Gasteiger partial charge in [0.25, 0.3) is 0 Å². The lowest BCUT2D eigenvalue weighted by Crippen LogP contribution is -2.30. The molecule has 68 valence electrons. The number of ether oxygens (including phenoxy) is 1. The molecule has 0 amide bonds. The molecule has 2 rings (SSSR count). The van der Waals surface area contributed by atoms with Gasteiger partial charge < -0.3 is 9.84 Å². The molecule has 2 aliphatic carbocycles. The molecule has 0 aromatic heterocycles. The SMILES string of the molecule is COC(=O)C12CCC(C1)C(O)C2. The number of esters is 1. The van der Waals surface area contributed by atoms with Gasteiger partial charge in [0.05, 0.1) is 18.6 Å². The third kappa shape index (κ3) is 0.891. The third-order valence-electron chi connectivity index (χ3n) is 3.41. The minimum absolute atomic E-state index is 0.124. The lowest BCUT2D eigenvalue weighted by molar-refractivity contribution is -0.153. The van der Waals surface area contributed by atoms with E-state index >= 15 is 0 Å². The molecule has 3 heteroatoms. The van der Waals surface area contributed by atoms with E-state index in [9.17, 15) is 9.90 Å². The van der Waals surface area contributed by atoms with Crippen LogP contribution >= 0.6 is 0 Å². The molecule has 1 N–H and O–H groups in total. The highest BCUT2D eigenvalue weighted by Crippen LogP contribution is 2.54. The van der Waals surface area contributed by atoms with Crippen molar-refractivity contribution in [2.24, 2.45) is 11.3 Å². The Morgan fingerprint density at radius 2 is 2.33 bits per heavy atom. The van der Waals surface area contributed by atoms with Gasteiger partial charge in [0.15, 0.2) is 0 Å². The van der Waals surface area contributed by atoms with Crippen LogP contribution in [0.1, 0.15) is 25.7 Å². The fraction of sp³-hybridized carbons (Fsp3) is 0.889. The first-order valence-corrected chi connectivity index (χ1v) is 4.44. The molecule has 0 aromatic rings. The average molecular weight is 170 g/mol. The molecule has 2 aliphatic rings. The predicted molar refractivity (Wildman–Crippen MR) is 42.4 cm³/mol. The van der Waals surface area contributed by atoms with E-state index in [1.165, 1.54) is 7.11 Å². The summed E-state index contributed by atoms with van der Waals surface area (Å²) in [5.41, 5.74) is -0.321. The van der Waals surface area contributed by atoms with Crippen LogP contribution in [0.15, 0.2) is 0 Å². The number of hydrogen-bond acceptors (Lipinski definition) is 3. The van der Waals surface area contributed by atoms with E-state index in [0.717, 1.165) is 19.3 Å². The van der Waals surface area contributed by atoms with Gasteiger partial charge in [0.2, 0.25) is 0 Å². The van der Waals surface area contributed by atoms with E-state index in [0.29, 0.717) is 12.3 Å². The van der Waals surface area contributed by atoms with Crippen molar-refractivity contribution in [3.63, 3.8) is 0 Å². The number of methoxy groups -OCH3 is 1. The molecule has 0 spiro atoms. The second-order valence-electron chi connectivity index (χ2n) is 4.05. The summed E-state index contributed by atoms with van der Waals surface area (Å²) in [6.45, 7) is 0. The topological polar surface area (TPSA) is 46.5 Å². The van der Waals surface area contributed by atoms with Gasteiger partial charge in [0, 0.05) is 0 Å². The Morgan fingerprint density at radius 1 is 1.58 bits per heavy atom. The highest BCUT2D eigenvalue weighted by Gasteiger charge is 2.55. The molecule has 0 radical (unpaired) electrons. The third-order valence-corrected chi connectivity index (χ3v) is 3.41. The van der Waals surface area contributed by atoms with Crippen LogP contribution in [-0.2, 0) is 9.53 Å². The normalized spacial score (nSPS) is 44.8. The van der Waals surface area contributed by atoms with Crippen molar-refractivity contribution < 1.29 is 14.6 Å². The lowest BCUT2D eigenvalue weighted by atomic mass is 9.83. The van der Waals surface area contributed by atoms with Crippen LogP contribution in [0.4, 0.5) is 0 Å². The van der Waals surface area contributed by atoms with Gasteiger partial charge in [0.1, 0.15) is 0 Å². The molecule has 0 aliphatic heterocycles. The summed E-state index contributed by atoms with van der Waals surface area (Å²) < 4.78 is 4.75. The molecule has 2 saturated carbocycles. The molecule has 2 bridgehead atoms. The van der Waals surface area contributed by atoms with Crippen molar-refractivity contribution in [2.75, 3.05) is 7.11 Å². The Hall–Kier alpha value is -0.570. The second-order valence-corrected chi connectivity index (χ2v) is 4.05. The van der Waals surface area contributed by atoms with E-state index < -0.39 is 0 Å². The molecule has 3 unspecified atom stereocenters. The molecule has 3 atom stereocenters. The minimum atomic E-state index is -0.321. The van der Waals surface area contributed by atoms with Gasteiger partial charge in [-0.3, -0.25) is 4.79 Å². The maximum absolute atomic E-state index is 11.4. The van der Waals surface area contributed by atoms with Crippen LogP contribution in [0, 0.1) is 11.3 Å². The Labute approximate surface area is 71.7 Å². The van der Waals surface area contributed by atoms with E-state index in [1.54, 1.807) is 0 Å². The van der Waals surface area contributed by atoms with Crippen molar-refractivity contribution in [2.45, 2.75) is 31.8 Å². The molecule has 2 fully saturated rings. The van der Waals surface area contributed by atoms with Gasteiger partial charge in [-0.25, -0.2) is 0 Å². The van der Waals surface area contributed by atoms with Crippen LogP contribution in [-0.4, -0.2) is 24.3 Å². The van der Waals surface area contributed by atoms with E-state index in [1.807, 2.05) is 0 Å². The zero-order chi connectivity index (χ0) is 8.77. The number of rotatable bonds is 1. The molecule has 3 nitrogen and oxygen atoms in total. The van der Waals surface area contributed by atoms with Gasteiger partial charge >= 0.3 is 5.97 Å². The zero-order valence-electron chi connectivity index (χ0n) is 7.25. The molecule has 0 saturated heterocycles. The number of aliphatic hydroxyl groups excluding tert-OH is 1. The fourth-order valence-electron chi connectivity index (χ4n) is 2.73. The van der Waals surface area contributed by atoms with Crippen molar-refractivity contribution in [1.82, 2.24) is 0 Å². The summed E-state index contributed by atoms with van der Waals surface area (Å²) in [7, 11) is 1.43. The van der Waals surface area contributed by atoms with Gasteiger partial charge in [-0.1, -0.05) is 0 Å². The van der Waals surface area contributed by atoms with Crippen molar-refractivity contribution in [3.05, 3.63) is 0 Å². The molecule has 0 aromatic carbocycles. The fourth-order valence-corrected chi connectivity index (χ4v) is 2.73. The van der Waals surface area contributed by atoms with Gasteiger partial charge in [-0.15, -0.1) is 0 Å². The maximum Gasteiger partial charge on any atom is 0.311 e. The minimum Gasteiger partial charge on any atom is -0.469 e. The Bertz CT molecular complexity index is 210. The van der Waals surface area contributed by atoms with E-state index in [-0.39, 0.29) is 17.5 Å². The number of aliphatic hydroxyl groups is 1. The average Bonchev–Trinajstić information content (AvgIpc) is 2.60. The highest BCUT2D eigenvalue weighted by molar-refractivity contribution is 5.77. The van der Waals surface area contributed by atoms with E-state index in [4.69, 9.17) is 4.74 Å². The molecule has 12 heavy (non-hydrogen) atoms. The number of carbonyl (C=O) groups excluding carboxylic acids is 1. The van der Waals surface area contributed by atoms with Crippen LogP contribution in [0.2, 0.25) is 0 Å². The van der Waals surface area contributed by atoms with Crippen LogP contribution in [0.5, 0.6) is 0 Å². The summed E-state index contributed by atoms with van der Waals surface area (Å²) in [5, 5.41) is 9.52. The first-order valence-electron chi connectivity index (χ1n) is 4.44. The monoisotopic (exact) mass is 170 g/mol. The number of hydrogen-bond donors (Lipinski definition) is 1. The summed E-state index contributed by atoms with van der Waals surface area (Å²) in [6.07, 6.45) is 3.07. The second kappa shape index (κ2) is 2.46. The van der Waals surface area contributed by atoms with Crippen LogP contribution < -0.4 is 0 Å². The molecular formula is C9H14O3. The van der Waals surface area contributed by atoms with Crippen molar-refractivity contribution >= 4 is 5.97 Å². The molecule has 0 heterocycles. The number of carbonyl (C=O) groups is 1. The largest absolute Gasteiger partial charge is 0.469 e. The Morgan fingerprint density at radius 3 is 2.75 bits per heavy atom. The Kier molecular flexibility index (Phi) is 1.65. The summed E-state index contributed by atoms with van der Waals surface area (Å²) in [5.74, 6) is 0.227. The lowest BCUT2D eigenvalue weighted by Gasteiger charge is -2.24. The van der Waals surface area contributed by atoms with Crippen LogP contribution in [0.3, 0.4) is 0 Å². The molecular weight excluding hydrogens is 156 g/mol. The highest BCUT2D eigenvalue weighted by atomic mass is 16.5. The van der Waals surface area contributed by atoms with Crippen molar-refractivity contribution in [3.8, 4) is 0 Å². The first-order chi connectivity index (χ1) is 5.68. The maximum atomic E-state index is 11.4. The smallest absolute Gasteiger partial charge is 0.311 e. The van der Waals surface area contributed by atoms with Gasteiger partial charge in [-0.05, 0) is 31.6 Å². The Balaban J connectivity index is 2.18.